The zero-order valence-corrected chi connectivity index (χ0v) is 8.91. The van der Waals surface area contributed by atoms with E-state index in [0.29, 0.717) is 0 Å². The quantitative estimate of drug-likeness (QED) is 0.620. The van der Waals surface area contributed by atoms with Crippen molar-refractivity contribution in [1.29, 1.82) is 0 Å². The average Bonchev–Trinajstić information content (AvgIpc) is 2.44. The lowest BCUT2D eigenvalue weighted by Crippen LogP contribution is -2.16. The minimum absolute atomic E-state index is 0.0424. The van der Waals surface area contributed by atoms with Crippen LogP contribution in [0.3, 0.4) is 0 Å². The number of hydrogen-bond donors (Lipinski definition) is 0. The van der Waals surface area contributed by atoms with Crippen molar-refractivity contribution in [2.75, 3.05) is 0 Å². The van der Waals surface area contributed by atoms with Crippen LogP contribution in [0, 0.1) is 7.05 Å². The van der Waals surface area contributed by atoms with Gasteiger partial charge in [-0.1, -0.05) is 32.9 Å². The summed E-state index contributed by atoms with van der Waals surface area (Å²) in [4.78, 5) is 4.58. The van der Waals surface area contributed by atoms with Crippen molar-refractivity contribution in [3.63, 3.8) is 0 Å². The lowest BCUT2D eigenvalue weighted by atomic mass is 9.96. The second kappa shape index (κ2) is 2.84. The van der Waals surface area contributed by atoms with Crippen LogP contribution in [0.1, 0.15) is 26.6 Å². The molecule has 0 unspecified atom stereocenters. The summed E-state index contributed by atoms with van der Waals surface area (Å²) in [7, 11) is 4.03. The van der Waals surface area contributed by atoms with E-state index in [2.05, 4.69) is 32.8 Å². The van der Waals surface area contributed by atoms with Gasteiger partial charge < -0.3 is 4.57 Å². The van der Waals surface area contributed by atoms with E-state index in [1.165, 1.54) is 0 Å². The Morgan fingerprint density at radius 3 is 2.43 bits per heavy atom. The molecule has 1 aromatic carbocycles. The highest BCUT2D eigenvalue weighted by Gasteiger charge is 2.20. The Morgan fingerprint density at radius 1 is 1.21 bits per heavy atom. The fourth-order valence-corrected chi connectivity index (χ4v) is 1.65. The number of rotatable bonds is 0. The van der Waals surface area contributed by atoms with E-state index >= 15 is 0 Å². The molecule has 1 aromatic heterocycles. The van der Waals surface area contributed by atoms with Crippen LogP contribution in [0.5, 0.6) is 0 Å². The molecule has 0 aliphatic carbocycles. The third-order valence-electron chi connectivity index (χ3n) is 2.33. The van der Waals surface area contributed by atoms with Crippen molar-refractivity contribution in [1.82, 2.24) is 9.55 Å². The van der Waals surface area contributed by atoms with E-state index < -0.39 is 0 Å². The molecule has 0 N–H and O–H groups in total. The molecule has 0 aliphatic rings. The van der Waals surface area contributed by atoms with Crippen molar-refractivity contribution in [2.24, 2.45) is 0 Å². The number of aromatic nitrogens is 2. The van der Waals surface area contributed by atoms with Crippen LogP contribution in [0.25, 0.3) is 11.0 Å². The zero-order valence-electron chi connectivity index (χ0n) is 8.91. The molecule has 2 nitrogen and oxygen atoms in total. The first-order valence-corrected chi connectivity index (χ1v) is 4.79. The molecular formula is C12H15N2. The van der Waals surface area contributed by atoms with Gasteiger partial charge in [0.25, 0.3) is 0 Å². The van der Waals surface area contributed by atoms with Crippen LogP contribution in [-0.2, 0) is 5.41 Å². The van der Waals surface area contributed by atoms with Crippen molar-refractivity contribution in [2.45, 2.75) is 26.2 Å². The molecule has 1 radical (unpaired) electrons. The molecule has 2 heteroatoms. The van der Waals surface area contributed by atoms with Gasteiger partial charge in [-0.3, -0.25) is 0 Å². The Bertz CT molecular complexity index is 461. The van der Waals surface area contributed by atoms with Gasteiger partial charge in [-0.25, -0.2) is 4.98 Å². The van der Waals surface area contributed by atoms with Crippen LogP contribution >= 0.6 is 0 Å². The molecule has 0 saturated heterocycles. The van der Waals surface area contributed by atoms with E-state index in [9.17, 15) is 0 Å². The Labute approximate surface area is 84.6 Å². The van der Waals surface area contributed by atoms with Crippen LogP contribution in [0.4, 0.5) is 0 Å². The van der Waals surface area contributed by atoms with Crippen molar-refractivity contribution >= 4 is 11.0 Å². The van der Waals surface area contributed by atoms with Gasteiger partial charge in [0.1, 0.15) is 5.82 Å². The van der Waals surface area contributed by atoms with Gasteiger partial charge in [0.2, 0.25) is 0 Å². The molecular weight excluding hydrogens is 172 g/mol. The fraction of sp³-hybridized carbons (Fsp3) is 0.333. The minimum Gasteiger partial charge on any atom is -0.326 e. The maximum Gasteiger partial charge on any atom is 0.115 e. The van der Waals surface area contributed by atoms with Crippen LogP contribution in [0.2, 0.25) is 0 Å². The predicted molar refractivity (Wildman–Crippen MR) is 59.2 cm³/mol. The summed E-state index contributed by atoms with van der Waals surface area (Å²) in [5.41, 5.74) is 2.16. The standard InChI is InChI=1S/C12H15N2/c1-12(2,3)11-13-9-7-5-6-8-10(9)14(11)4/h5-8H,4H2,1-3H3. The Kier molecular flexibility index (Phi) is 1.88. The average molecular weight is 187 g/mol. The number of nitrogens with zero attached hydrogens (tertiary/aromatic N) is 2. The van der Waals surface area contributed by atoms with Crippen molar-refractivity contribution in [3.05, 3.63) is 37.1 Å². The summed E-state index contributed by atoms with van der Waals surface area (Å²) in [6.07, 6.45) is 0. The number of imidazole rings is 1. The van der Waals surface area contributed by atoms with Gasteiger partial charge >= 0.3 is 0 Å². The number of para-hydroxylation sites is 2. The summed E-state index contributed by atoms with van der Waals surface area (Å²) in [6, 6.07) is 8.08. The van der Waals surface area contributed by atoms with Crippen molar-refractivity contribution < 1.29 is 0 Å². The Hall–Kier alpha value is -1.31. The number of benzene rings is 1. The smallest absolute Gasteiger partial charge is 0.115 e. The molecule has 0 fully saturated rings. The molecule has 0 saturated carbocycles. The van der Waals surface area contributed by atoms with Gasteiger partial charge in [0, 0.05) is 12.5 Å². The van der Waals surface area contributed by atoms with E-state index in [-0.39, 0.29) is 5.41 Å². The van der Waals surface area contributed by atoms with Gasteiger partial charge in [-0.15, -0.1) is 0 Å². The molecule has 2 rings (SSSR count). The van der Waals surface area contributed by atoms with Gasteiger partial charge in [-0.2, -0.15) is 0 Å². The first kappa shape index (κ1) is 9.25. The maximum atomic E-state index is 4.58. The first-order valence-electron chi connectivity index (χ1n) is 4.79. The molecule has 0 aliphatic heterocycles. The lowest BCUT2D eigenvalue weighted by molar-refractivity contribution is 0.538. The van der Waals surface area contributed by atoms with Gasteiger partial charge in [0.15, 0.2) is 0 Å². The molecule has 2 aromatic rings. The zero-order chi connectivity index (χ0) is 10.3. The van der Waals surface area contributed by atoms with Crippen molar-refractivity contribution in [3.8, 4) is 0 Å². The lowest BCUT2D eigenvalue weighted by Gasteiger charge is -2.17. The summed E-state index contributed by atoms with van der Waals surface area (Å²) in [6.45, 7) is 6.45. The first-order chi connectivity index (χ1) is 6.50. The summed E-state index contributed by atoms with van der Waals surface area (Å²) in [5, 5.41) is 0. The fourth-order valence-electron chi connectivity index (χ4n) is 1.65. The normalized spacial score (nSPS) is 12.3. The highest BCUT2D eigenvalue weighted by Crippen LogP contribution is 2.25. The molecule has 73 valence electrons. The second-order valence-electron chi connectivity index (χ2n) is 4.60. The summed E-state index contributed by atoms with van der Waals surface area (Å²) >= 11 is 0. The van der Waals surface area contributed by atoms with E-state index in [0.717, 1.165) is 16.9 Å². The molecule has 0 atom stereocenters. The van der Waals surface area contributed by atoms with Gasteiger partial charge in [-0.05, 0) is 12.1 Å². The van der Waals surface area contributed by atoms with E-state index in [1.807, 2.05) is 28.8 Å². The van der Waals surface area contributed by atoms with Crippen LogP contribution < -0.4 is 0 Å². The number of fused-ring (bicyclic) bond motifs is 1. The monoisotopic (exact) mass is 187 g/mol. The third-order valence-corrected chi connectivity index (χ3v) is 2.33. The third kappa shape index (κ3) is 1.31. The molecule has 0 spiro atoms. The van der Waals surface area contributed by atoms with Crippen LogP contribution in [0.15, 0.2) is 24.3 Å². The largest absolute Gasteiger partial charge is 0.326 e. The SMILES string of the molecule is [CH2]n1c(C(C)(C)C)nc2ccccc21. The van der Waals surface area contributed by atoms with Crippen LogP contribution in [-0.4, -0.2) is 9.55 Å². The second-order valence-corrected chi connectivity index (χ2v) is 4.60. The molecule has 0 bridgehead atoms. The highest BCUT2D eigenvalue weighted by molar-refractivity contribution is 5.76. The Morgan fingerprint density at radius 2 is 1.86 bits per heavy atom. The molecule has 1 heterocycles. The predicted octanol–water partition coefficient (Wildman–Crippen LogP) is 2.97. The number of hydrogen-bond acceptors (Lipinski definition) is 1. The minimum atomic E-state index is 0.0424. The molecule has 0 amide bonds. The van der Waals surface area contributed by atoms with E-state index in [4.69, 9.17) is 0 Å². The maximum absolute atomic E-state index is 4.58. The van der Waals surface area contributed by atoms with E-state index in [1.54, 1.807) is 0 Å². The molecule has 14 heavy (non-hydrogen) atoms. The summed E-state index contributed by atoms with van der Waals surface area (Å²) in [5.74, 6) is 1.03. The topological polar surface area (TPSA) is 17.8 Å². The summed E-state index contributed by atoms with van der Waals surface area (Å²) < 4.78 is 1.93. The highest BCUT2D eigenvalue weighted by atomic mass is 15.1. The van der Waals surface area contributed by atoms with Gasteiger partial charge in [0.05, 0.1) is 11.0 Å². The Balaban J connectivity index is 2.75.